The summed E-state index contributed by atoms with van der Waals surface area (Å²) in [5, 5.41) is 2.69. The number of nitrogens with zero attached hydrogens (tertiary/aromatic N) is 8. The van der Waals surface area contributed by atoms with Crippen LogP contribution in [0.3, 0.4) is 0 Å². The van der Waals surface area contributed by atoms with E-state index >= 15 is 0 Å². The average Bonchev–Trinajstić information content (AvgIpc) is 3.98. The van der Waals surface area contributed by atoms with Gasteiger partial charge in [-0.3, -0.25) is 9.80 Å². The summed E-state index contributed by atoms with van der Waals surface area (Å²) in [6, 6.07) is 32.3. The molecule has 14 heteroatoms. The van der Waals surface area contributed by atoms with Crippen LogP contribution < -0.4 is 24.0 Å². The first-order valence-electron chi connectivity index (χ1n) is 19.2. The minimum absolute atomic E-state index is 0.708. The third-order valence-corrected chi connectivity index (χ3v) is 12.1. The lowest BCUT2D eigenvalue weighted by atomic mass is 10.1. The maximum absolute atomic E-state index is 6.08. The molecule has 6 aromatic rings. The van der Waals surface area contributed by atoms with Gasteiger partial charge in [-0.2, -0.15) is 18.7 Å². The van der Waals surface area contributed by atoms with Gasteiger partial charge >= 0.3 is 0 Å². The van der Waals surface area contributed by atoms with E-state index in [-0.39, 0.29) is 0 Å². The van der Waals surface area contributed by atoms with Crippen LogP contribution in [0.2, 0.25) is 5.02 Å². The third kappa shape index (κ3) is 11.0. The van der Waals surface area contributed by atoms with E-state index in [0.717, 1.165) is 129 Å². The molecule has 298 valence electrons. The van der Waals surface area contributed by atoms with Crippen molar-refractivity contribution in [3.05, 3.63) is 113 Å². The lowest BCUT2D eigenvalue weighted by molar-refractivity contribution is 0.261. The van der Waals surface area contributed by atoms with Crippen LogP contribution in [0.5, 0.6) is 17.2 Å². The number of methoxy groups -OCH3 is 3. The molecule has 0 aliphatic carbocycles. The van der Waals surface area contributed by atoms with E-state index in [4.69, 9.17) is 35.8 Å². The van der Waals surface area contributed by atoms with Crippen LogP contribution >= 0.6 is 34.7 Å². The Kier molecular flexibility index (Phi) is 14.2. The van der Waals surface area contributed by atoms with Gasteiger partial charge in [0.05, 0.1) is 26.9 Å². The summed E-state index contributed by atoms with van der Waals surface area (Å²) in [7, 11) is 5.08. The highest BCUT2D eigenvalue weighted by atomic mass is 35.5. The number of rotatable bonds is 13. The summed E-state index contributed by atoms with van der Waals surface area (Å²) >= 11 is 9.01. The van der Waals surface area contributed by atoms with E-state index in [1.54, 1.807) is 21.3 Å². The molecule has 2 aromatic heterocycles. The van der Waals surface area contributed by atoms with Gasteiger partial charge in [0, 0.05) is 99.1 Å². The lowest BCUT2D eigenvalue weighted by Crippen LogP contribution is -2.47. The Morgan fingerprint density at radius 3 is 1.58 bits per heavy atom. The van der Waals surface area contributed by atoms with Crippen molar-refractivity contribution in [2.75, 3.05) is 96.6 Å². The van der Waals surface area contributed by atoms with Crippen LogP contribution in [-0.4, -0.2) is 115 Å². The van der Waals surface area contributed by atoms with Crippen LogP contribution in [0.25, 0.3) is 22.8 Å². The molecule has 11 nitrogen and oxygen atoms in total. The Morgan fingerprint density at radius 1 is 0.561 bits per heavy atom. The Bertz CT molecular complexity index is 2130. The van der Waals surface area contributed by atoms with Crippen molar-refractivity contribution in [2.24, 2.45) is 0 Å². The van der Waals surface area contributed by atoms with Crippen LogP contribution in [0, 0.1) is 0 Å². The fourth-order valence-electron chi connectivity index (χ4n) is 6.86. The highest BCUT2D eigenvalue weighted by Crippen LogP contribution is 2.31. The number of anilines is 2. The van der Waals surface area contributed by atoms with Crippen molar-refractivity contribution in [2.45, 2.75) is 12.8 Å². The lowest BCUT2D eigenvalue weighted by Gasteiger charge is -2.34. The molecule has 2 saturated heterocycles. The van der Waals surface area contributed by atoms with Crippen molar-refractivity contribution in [1.29, 1.82) is 0 Å². The quantitative estimate of drug-likeness (QED) is 0.114. The molecule has 0 amide bonds. The topological polar surface area (TPSA) is 92.2 Å². The molecule has 2 aliphatic rings. The average molecular weight is 826 g/mol. The highest BCUT2D eigenvalue weighted by molar-refractivity contribution is 7.10. The van der Waals surface area contributed by atoms with E-state index in [1.807, 2.05) is 72.8 Å². The summed E-state index contributed by atoms with van der Waals surface area (Å²) in [6.07, 6.45) is 2.11. The smallest absolute Gasteiger partial charge is 0.205 e. The third-order valence-electron chi connectivity index (χ3n) is 10.3. The van der Waals surface area contributed by atoms with E-state index in [9.17, 15) is 0 Å². The van der Waals surface area contributed by atoms with Crippen molar-refractivity contribution in [3.63, 3.8) is 0 Å². The van der Waals surface area contributed by atoms with Gasteiger partial charge in [-0.05, 0) is 72.5 Å². The Hall–Kier alpha value is -4.79. The summed E-state index contributed by atoms with van der Waals surface area (Å²) in [5.41, 5.74) is 4.60. The van der Waals surface area contributed by atoms with Gasteiger partial charge in [0.25, 0.3) is 0 Å². The first-order chi connectivity index (χ1) is 28.0. The predicted molar refractivity (Wildman–Crippen MR) is 233 cm³/mol. The zero-order valence-electron chi connectivity index (χ0n) is 32.7. The summed E-state index contributed by atoms with van der Waals surface area (Å²) in [6.45, 7) is 10.2. The van der Waals surface area contributed by atoms with Gasteiger partial charge in [-0.25, -0.2) is 0 Å². The monoisotopic (exact) mass is 824 g/mol. The SMILES string of the molecule is COc1ccc(CCN2CCN(c3nc(-c4cccc(Cl)c4)ns3)CC2)cc1.COc1ccc(CCN2CCN(c3nc(-c4ccccc4OC)ns3)CC2)cc1. The molecule has 2 aliphatic heterocycles. The first-order valence-corrected chi connectivity index (χ1v) is 21.2. The molecule has 0 atom stereocenters. The molecule has 4 heterocycles. The zero-order valence-corrected chi connectivity index (χ0v) is 35.1. The van der Waals surface area contributed by atoms with E-state index in [2.05, 4.69) is 52.6 Å². The largest absolute Gasteiger partial charge is 0.497 e. The van der Waals surface area contributed by atoms with Crippen LogP contribution in [0.15, 0.2) is 97.1 Å². The van der Waals surface area contributed by atoms with Crippen molar-refractivity contribution in [3.8, 4) is 40.0 Å². The maximum atomic E-state index is 6.08. The number of hydrogen-bond acceptors (Lipinski definition) is 13. The number of hydrogen-bond donors (Lipinski definition) is 0. The molecule has 2 fully saturated rings. The second kappa shape index (κ2) is 20.1. The molecule has 0 saturated carbocycles. The van der Waals surface area contributed by atoms with Crippen LogP contribution in [0.4, 0.5) is 10.3 Å². The van der Waals surface area contributed by atoms with Gasteiger partial charge in [0.2, 0.25) is 10.3 Å². The number of halogens is 1. The second-order valence-corrected chi connectivity index (χ2v) is 15.8. The molecule has 0 unspecified atom stereocenters. The highest BCUT2D eigenvalue weighted by Gasteiger charge is 2.22. The fourth-order valence-corrected chi connectivity index (χ4v) is 8.52. The Morgan fingerprint density at radius 2 is 1.07 bits per heavy atom. The van der Waals surface area contributed by atoms with Gasteiger partial charge in [0.1, 0.15) is 17.2 Å². The van der Waals surface area contributed by atoms with Crippen LogP contribution in [0.1, 0.15) is 11.1 Å². The predicted octanol–water partition coefficient (Wildman–Crippen LogP) is 7.82. The second-order valence-electron chi connectivity index (χ2n) is 13.9. The minimum atomic E-state index is 0.708. The summed E-state index contributed by atoms with van der Waals surface area (Å²) < 4.78 is 25.0. The number of ether oxygens (including phenoxy) is 3. The number of aromatic nitrogens is 4. The molecule has 0 radical (unpaired) electrons. The Balaban J connectivity index is 0.000000174. The van der Waals surface area contributed by atoms with E-state index < -0.39 is 0 Å². The van der Waals surface area contributed by atoms with Crippen molar-refractivity contribution >= 4 is 44.9 Å². The van der Waals surface area contributed by atoms with Crippen LogP contribution in [-0.2, 0) is 12.8 Å². The van der Waals surface area contributed by atoms with Crippen molar-refractivity contribution < 1.29 is 14.2 Å². The normalized spacial score (nSPS) is 14.9. The number of piperazine rings is 2. The molecular formula is C43H49ClN8O3S2. The zero-order chi connectivity index (χ0) is 39.4. The molecule has 0 N–H and O–H groups in total. The first kappa shape index (κ1) is 40.4. The summed E-state index contributed by atoms with van der Waals surface area (Å²) in [4.78, 5) is 19.2. The summed E-state index contributed by atoms with van der Waals surface area (Å²) in [5.74, 6) is 4.12. The standard InChI is InChI=1S/C22H26N4O2S.C21H23ClN4OS/c1-27-18-9-7-17(8-10-18)11-12-25-13-15-26(16-14-25)22-23-21(24-29-22)19-5-3-4-6-20(19)28-2;1-27-19-7-5-16(6-8-19)9-10-25-11-13-26(14-12-25)21-23-20(24-28-21)17-3-2-4-18(22)15-17/h3-10H,11-16H2,1-2H3;2-8,15H,9-14H2,1H3. The van der Waals surface area contributed by atoms with Gasteiger partial charge in [-0.1, -0.05) is 60.1 Å². The van der Waals surface area contributed by atoms with Gasteiger partial charge in [0.15, 0.2) is 11.6 Å². The molecule has 8 rings (SSSR count). The Labute approximate surface area is 348 Å². The maximum Gasteiger partial charge on any atom is 0.205 e. The van der Waals surface area contributed by atoms with Gasteiger partial charge < -0.3 is 24.0 Å². The van der Waals surface area contributed by atoms with Crippen molar-refractivity contribution in [1.82, 2.24) is 28.5 Å². The molecular weight excluding hydrogens is 776 g/mol. The fraction of sp³-hybridized carbons (Fsp3) is 0.349. The number of para-hydroxylation sites is 1. The number of benzene rings is 4. The molecule has 57 heavy (non-hydrogen) atoms. The van der Waals surface area contributed by atoms with E-state index in [0.29, 0.717) is 5.02 Å². The minimum Gasteiger partial charge on any atom is -0.497 e. The molecule has 4 aromatic carbocycles. The molecule has 0 bridgehead atoms. The van der Waals surface area contributed by atoms with E-state index in [1.165, 1.54) is 34.2 Å². The van der Waals surface area contributed by atoms with Gasteiger partial charge in [-0.15, -0.1) is 0 Å². The molecule has 0 spiro atoms.